The standard InChI is InChI=1S/C30H41N3O2/c1-4-6-7-8-9-10-23-11-13-24(14-12-23)26-20-32-28(33-21-26)25-15-17-27(18-16-25)35-29(34)30(3,22-31)19-5-2/h15-18,20-21,23-24H,4-14,19H2,1-3H3. The number of hydrogen-bond acceptors (Lipinski definition) is 5. The summed E-state index contributed by atoms with van der Waals surface area (Å²) < 4.78 is 5.46. The molecule has 188 valence electrons. The highest BCUT2D eigenvalue weighted by Crippen LogP contribution is 2.37. The summed E-state index contributed by atoms with van der Waals surface area (Å²) in [6.45, 7) is 5.85. The molecular formula is C30H41N3O2. The maximum absolute atomic E-state index is 12.4. The molecule has 0 bridgehead atoms. The second kappa shape index (κ2) is 13.4. The summed E-state index contributed by atoms with van der Waals surface area (Å²) in [5, 5.41) is 9.38. The molecule has 35 heavy (non-hydrogen) atoms. The van der Waals surface area contributed by atoms with Crippen LogP contribution in [-0.4, -0.2) is 15.9 Å². The van der Waals surface area contributed by atoms with Gasteiger partial charge in [0.2, 0.25) is 0 Å². The maximum atomic E-state index is 12.4. The number of esters is 1. The van der Waals surface area contributed by atoms with Gasteiger partial charge in [0.15, 0.2) is 11.2 Å². The molecule has 1 aliphatic carbocycles. The van der Waals surface area contributed by atoms with E-state index in [1.165, 1.54) is 69.8 Å². The third-order valence-corrected chi connectivity index (χ3v) is 7.48. The molecule has 0 radical (unpaired) electrons. The monoisotopic (exact) mass is 475 g/mol. The first-order valence-electron chi connectivity index (χ1n) is 13.5. The van der Waals surface area contributed by atoms with Gasteiger partial charge in [-0.1, -0.05) is 58.8 Å². The Morgan fingerprint density at radius 3 is 2.26 bits per heavy atom. The van der Waals surface area contributed by atoms with Gasteiger partial charge >= 0.3 is 5.97 Å². The van der Waals surface area contributed by atoms with Crippen molar-refractivity contribution in [1.82, 2.24) is 9.97 Å². The van der Waals surface area contributed by atoms with E-state index in [2.05, 4.69) is 23.0 Å². The first-order valence-corrected chi connectivity index (χ1v) is 13.5. The molecule has 2 aromatic rings. The lowest BCUT2D eigenvalue weighted by atomic mass is 9.77. The molecule has 5 nitrogen and oxygen atoms in total. The number of unbranched alkanes of at least 4 members (excludes halogenated alkanes) is 4. The lowest BCUT2D eigenvalue weighted by Gasteiger charge is -2.28. The summed E-state index contributed by atoms with van der Waals surface area (Å²) in [4.78, 5) is 21.7. The number of carbonyl (C=O) groups excluding carboxylic acids is 1. The third-order valence-electron chi connectivity index (χ3n) is 7.48. The first-order chi connectivity index (χ1) is 17.0. The molecule has 1 aliphatic rings. The fraction of sp³-hybridized carbons (Fsp3) is 0.600. The molecular weight excluding hydrogens is 434 g/mol. The van der Waals surface area contributed by atoms with Crippen molar-refractivity contribution in [2.75, 3.05) is 0 Å². The predicted octanol–water partition coefficient (Wildman–Crippen LogP) is 8.01. The molecule has 1 heterocycles. The molecule has 5 heteroatoms. The molecule has 0 aliphatic heterocycles. The van der Waals surface area contributed by atoms with Crippen LogP contribution >= 0.6 is 0 Å². The van der Waals surface area contributed by atoms with E-state index < -0.39 is 11.4 Å². The number of nitriles is 1. The summed E-state index contributed by atoms with van der Waals surface area (Å²) in [7, 11) is 0. The Hall–Kier alpha value is -2.74. The van der Waals surface area contributed by atoms with Crippen LogP contribution in [0.25, 0.3) is 11.4 Å². The van der Waals surface area contributed by atoms with Crippen LogP contribution in [0.1, 0.15) is 109 Å². The number of carbonyl (C=O) groups is 1. The van der Waals surface area contributed by atoms with Crippen molar-refractivity contribution in [1.29, 1.82) is 5.26 Å². The zero-order valence-electron chi connectivity index (χ0n) is 21.8. The topological polar surface area (TPSA) is 75.9 Å². The lowest BCUT2D eigenvalue weighted by molar-refractivity contribution is -0.142. The molecule has 0 amide bonds. The second-order valence-electron chi connectivity index (χ2n) is 10.4. The molecule has 0 N–H and O–H groups in total. The van der Waals surface area contributed by atoms with Crippen molar-refractivity contribution in [3.8, 4) is 23.2 Å². The Bertz CT molecular complexity index is 957. The van der Waals surface area contributed by atoms with Crippen molar-refractivity contribution >= 4 is 5.97 Å². The fourth-order valence-electron chi connectivity index (χ4n) is 5.11. The van der Waals surface area contributed by atoms with Gasteiger partial charge < -0.3 is 4.74 Å². The first kappa shape index (κ1) is 26.9. The molecule has 0 spiro atoms. The minimum Gasteiger partial charge on any atom is -0.425 e. The maximum Gasteiger partial charge on any atom is 0.331 e. The van der Waals surface area contributed by atoms with E-state index in [4.69, 9.17) is 4.74 Å². The van der Waals surface area contributed by atoms with E-state index in [1.807, 2.05) is 31.5 Å². The van der Waals surface area contributed by atoms with Crippen molar-refractivity contribution in [2.24, 2.45) is 11.3 Å². The number of hydrogen-bond donors (Lipinski definition) is 0. The average molecular weight is 476 g/mol. The highest BCUT2D eigenvalue weighted by atomic mass is 16.5. The largest absolute Gasteiger partial charge is 0.425 e. The Morgan fingerprint density at radius 1 is 1.00 bits per heavy atom. The van der Waals surface area contributed by atoms with Gasteiger partial charge in [-0.15, -0.1) is 0 Å². The van der Waals surface area contributed by atoms with Crippen molar-refractivity contribution in [3.63, 3.8) is 0 Å². The summed E-state index contributed by atoms with van der Waals surface area (Å²) >= 11 is 0. The molecule has 3 rings (SSSR count). The van der Waals surface area contributed by atoms with Crippen LogP contribution in [0.5, 0.6) is 5.75 Å². The van der Waals surface area contributed by atoms with Crippen LogP contribution in [-0.2, 0) is 4.79 Å². The third kappa shape index (κ3) is 7.62. The molecule has 1 fully saturated rings. The average Bonchev–Trinajstić information content (AvgIpc) is 2.89. The van der Waals surface area contributed by atoms with Crippen molar-refractivity contribution in [3.05, 3.63) is 42.2 Å². The lowest BCUT2D eigenvalue weighted by Crippen LogP contribution is -2.30. The van der Waals surface area contributed by atoms with Gasteiger partial charge in [-0.2, -0.15) is 5.26 Å². The molecule has 1 aromatic carbocycles. The Kier molecular flexibility index (Phi) is 10.3. The Balaban J connectivity index is 1.50. The molecule has 1 saturated carbocycles. The van der Waals surface area contributed by atoms with E-state index in [-0.39, 0.29) is 0 Å². The van der Waals surface area contributed by atoms with Crippen LogP contribution < -0.4 is 4.74 Å². The highest BCUT2D eigenvalue weighted by molar-refractivity contribution is 5.81. The van der Waals surface area contributed by atoms with Crippen LogP contribution in [0.4, 0.5) is 0 Å². The number of benzene rings is 1. The van der Waals surface area contributed by atoms with E-state index >= 15 is 0 Å². The van der Waals surface area contributed by atoms with Gasteiger partial charge in [-0.3, -0.25) is 0 Å². The van der Waals surface area contributed by atoms with Crippen LogP contribution in [0, 0.1) is 22.7 Å². The molecule has 1 atom stereocenters. The normalized spacial score (nSPS) is 19.5. The smallest absolute Gasteiger partial charge is 0.331 e. The zero-order valence-corrected chi connectivity index (χ0v) is 21.8. The van der Waals surface area contributed by atoms with E-state index in [1.54, 1.807) is 19.1 Å². The van der Waals surface area contributed by atoms with Gasteiger partial charge in [-0.05, 0) is 80.7 Å². The van der Waals surface area contributed by atoms with E-state index in [0.29, 0.717) is 23.9 Å². The van der Waals surface area contributed by atoms with Gasteiger partial charge in [0.25, 0.3) is 0 Å². The van der Waals surface area contributed by atoms with E-state index in [0.717, 1.165) is 17.9 Å². The van der Waals surface area contributed by atoms with Crippen LogP contribution in [0.15, 0.2) is 36.7 Å². The summed E-state index contributed by atoms with van der Waals surface area (Å²) in [5.74, 6) is 2.05. The minimum absolute atomic E-state index is 0.426. The minimum atomic E-state index is -1.12. The molecule has 1 unspecified atom stereocenters. The number of rotatable bonds is 12. The van der Waals surface area contributed by atoms with E-state index in [9.17, 15) is 10.1 Å². The Morgan fingerprint density at radius 2 is 1.66 bits per heavy atom. The fourth-order valence-corrected chi connectivity index (χ4v) is 5.11. The number of ether oxygens (including phenoxy) is 1. The quantitative estimate of drug-likeness (QED) is 0.176. The highest BCUT2D eigenvalue weighted by Gasteiger charge is 2.34. The molecule has 1 aromatic heterocycles. The van der Waals surface area contributed by atoms with Gasteiger partial charge in [0.1, 0.15) is 5.75 Å². The van der Waals surface area contributed by atoms with Crippen molar-refractivity contribution in [2.45, 2.75) is 104 Å². The molecule has 0 saturated heterocycles. The van der Waals surface area contributed by atoms with Gasteiger partial charge in [0, 0.05) is 18.0 Å². The number of nitrogens with zero attached hydrogens (tertiary/aromatic N) is 3. The van der Waals surface area contributed by atoms with Gasteiger partial charge in [-0.25, -0.2) is 14.8 Å². The van der Waals surface area contributed by atoms with Crippen LogP contribution in [0.2, 0.25) is 0 Å². The summed E-state index contributed by atoms with van der Waals surface area (Å²) in [5.41, 5.74) is 0.993. The summed E-state index contributed by atoms with van der Waals surface area (Å²) in [6, 6.07) is 9.27. The second-order valence-corrected chi connectivity index (χ2v) is 10.4. The Labute approximate surface area is 211 Å². The van der Waals surface area contributed by atoms with Gasteiger partial charge in [0.05, 0.1) is 6.07 Å². The summed E-state index contributed by atoms with van der Waals surface area (Å²) in [6.07, 6.45) is 18.6. The SMILES string of the molecule is CCCCCCCC1CCC(c2cnc(-c3ccc(OC(=O)C(C)(C#N)CCC)cc3)nc2)CC1. The van der Waals surface area contributed by atoms with Crippen molar-refractivity contribution < 1.29 is 9.53 Å². The predicted molar refractivity (Wildman–Crippen MR) is 140 cm³/mol. The van der Waals surface area contributed by atoms with Crippen LogP contribution in [0.3, 0.4) is 0 Å². The number of aromatic nitrogens is 2. The zero-order chi connectivity index (χ0) is 25.1.